The standard InChI is InChI=1S/C14H28N2O/c1-11(2)7-12-9-16(13-5-3-4-6-13)14(10-17)8-15-12/h11-15,17H,3-10H2,1-2H3. The molecule has 0 aromatic heterocycles. The predicted octanol–water partition coefficient (Wildman–Crippen LogP) is 1.61. The summed E-state index contributed by atoms with van der Waals surface area (Å²) in [6, 6.07) is 1.71. The van der Waals surface area contributed by atoms with Gasteiger partial charge in [0.15, 0.2) is 0 Å². The highest BCUT2D eigenvalue weighted by molar-refractivity contribution is 4.91. The number of rotatable bonds is 4. The van der Waals surface area contributed by atoms with E-state index in [4.69, 9.17) is 0 Å². The van der Waals surface area contributed by atoms with Gasteiger partial charge in [0.2, 0.25) is 0 Å². The predicted molar refractivity (Wildman–Crippen MR) is 71.1 cm³/mol. The molecule has 1 aliphatic heterocycles. The van der Waals surface area contributed by atoms with Gasteiger partial charge in [-0.3, -0.25) is 4.90 Å². The molecule has 17 heavy (non-hydrogen) atoms. The second kappa shape index (κ2) is 6.17. The van der Waals surface area contributed by atoms with E-state index >= 15 is 0 Å². The number of aliphatic hydroxyl groups excluding tert-OH is 1. The van der Waals surface area contributed by atoms with Crippen LogP contribution in [0.1, 0.15) is 46.0 Å². The Morgan fingerprint density at radius 1 is 1.29 bits per heavy atom. The van der Waals surface area contributed by atoms with E-state index in [1.165, 1.54) is 32.1 Å². The molecule has 1 saturated carbocycles. The number of piperazine rings is 1. The van der Waals surface area contributed by atoms with Gasteiger partial charge in [-0.15, -0.1) is 0 Å². The molecule has 0 amide bonds. The van der Waals surface area contributed by atoms with Crippen LogP contribution in [0.3, 0.4) is 0 Å². The summed E-state index contributed by atoms with van der Waals surface area (Å²) in [6.45, 7) is 6.98. The molecule has 0 aromatic carbocycles. The van der Waals surface area contributed by atoms with Gasteiger partial charge in [-0.25, -0.2) is 0 Å². The zero-order chi connectivity index (χ0) is 12.3. The lowest BCUT2D eigenvalue weighted by atomic mass is 9.98. The van der Waals surface area contributed by atoms with Gasteiger partial charge in [-0.05, 0) is 25.2 Å². The number of nitrogens with zero attached hydrogens (tertiary/aromatic N) is 1. The van der Waals surface area contributed by atoms with E-state index in [9.17, 15) is 5.11 Å². The van der Waals surface area contributed by atoms with Gasteiger partial charge >= 0.3 is 0 Å². The van der Waals surface area contributed by atoms with Crippen LogP contribution < -0.4 is 5.32 Å². The molecule has 3 heteroatoms. The molecule has 0 radical (unpaired) electrons. The lowest BCUT2D eigenvalue weighted by molar-refractivity contribution is 0.0429. The summed E-state index contributed by atoms with van der Waals surface area (Å²) < 4.78 is 0. The van der Waals surface area contributed by atoms with Crippen molar-refractivity contribution < 1.29 is 5.11 Å². The Morgan fingerprint density at radius 2 is 2.00 bits per heavy atom. The van der Waals surface area contributed by atoms with Crippen molar-refractivity contribution in [2.75, 3.05) is 19.7 Å². The van der Waals surface area contributed by atoms with Crippen molar-refractivity contribution in [1.82, 2.24) is 10.2 Å². The molecule has 2 unspecified atom stereocenters. The molecule has 0 bridgehead atoms. The number of aliphatic hydroxyl groups is 1. The first-order valence-electron chi connectivity index (χ1n) is 7.30. The van der Waals surface area contributed by atoms with Crippen LogP contribution in [-0.2, 0) is 0 Å². The van der Waals surface area contributed by atoms with Crippen molar-refractivity contribution >= 4 is 0 Å². The lowest BCUT2D eigenvalue weighted by Crippen LogP contribution is -2.60. The molecule has 3 nitrogen and oxygen atoms in total. The normalized spacial score (nSPS) is 32.5. The lowest BCUT2D eigenvalue weighted by Gasteiger charge is -2.43. The molecule has 2 rings (SSSR count). The van der Waals surface area contributed by atoms with Gasteiger partial charge in [-0.1, -0.05) is 26.7 Å². The molecule has 2 N–H and O–H groups in total. The van der Waals surface area contributed by atoms with Gasteiger partial charge < -0.3 is 10.4 Å². The minimum atomic E-state index is 0.303. The van der Waals surface area contributed by atoms with Crippen LogP contribution in [0.5, 0.6) is 0 Å². The van der Waals surface area contributed by atoms with E-state index in [1.54, 1.807) is 0 Å². The largest absolute Gasteiger partial charge is 0.395 e. The van der Waals surface area contributed by atoms with Crippen LogP contribution in [0.25, 0.3) is 0 Å². The Labute approximate surface area is 106 Å². The molecule has 1 aliphatic carbocycles. The molecule has 2 aliphatic rings. The highest BCUT2D eigenvalue weighted by atomic mass is 16.3. The quantitative estimate of drug-likeness (QED) is 0.783. The number of nitrogens with one attached hydrogen (secondary N) is 1. The number of hydrogen-bond acceptors (Lipinski definition) is 3. The molecule has 2 atom stereocenters. The van der Waals surface area contributed by atoms with Crippen LogP contribution >= 0.6 is 0 Å². The fourth-order valence-electron chi connectivity index (χ4n) is 3.47. The van der Waals surface area contributed by atoms with Gasteiger partial charge in [-0.2, -0.15) is 0 Å². The minimum absolute atomic E-state index is 0.303. The highest BCUT2D eigenvalue weighted by Crippen LogP contribution is 2.27. The first kappa shape index (κ1) is 13.3. The Hall–Kier alpha value is -0.120. The first-order chi connectivity index (χ1) is 8.20. The fraction of sp³-hybridized carbons (Fsp3) is 1.00. The van der Waals surface area contributed by atoms with Gasteiger partial charge in [0.1, 0.15) is 0 Å². The third-order valence-electron chi connectivity index (χ3n) is 4.30. The summed E-state index contributed by atoms with van der Waals surface area (Å²) in [5.41, 5.74) is 0. The molecule has 1 saturated heterocycles. The average Bonchev–Trinajstić information content (AvgIpc) is 2.81. The van der Waals surface area contributed by atoms with Crippen molar-refractivity contribution in [3.8, 4) is 0 Å². The van der Waals surface area contributed by atoms with Gasteiger partial charge in [0, 0.05) is 31.2 Å². The summed E-state index contributed by atoms with van der Waals surface area (Å²) in [5, 5.41) is 13.1. The van der Waals surface area contributed by atoms with Crippen LogP contribution in [0.15, 0.2) is 0 Å². The zero-order valence-electron chi connectivity index (χ0n) is 11.4. The molecule has 0 spiro atoms. The van der Waals surface area contributed by atoms with Gasteiger partial charge in [0.25, 0.3) is 0 Å². The molecule has 1 heterocycles. The summed E-state index contributed by atoms with van der Waals surface area (Å²) in [6.07, 6.45) is 6.68. The van der Waals surface area contributed by atoms with Crippen LogP contribution in [0, 0.1) is 5.92 Å². The Morgan fingerprint density at radius 3 is 2.59 bits per heavy atom. The maximum Gasteiger partial charge on any atom is 0.0599 e. The average molecular weight is 240 g/mol. The number of hydrogen-bond donors (Lipinski definition) is 2. The topological polar surface area (TPSA) is 35.5 Å². The molecular weight excluding hydrogens is 212 g/mol. The summed E-state index contributed by atoms with van der Waals surface area (Å²) >= 11 is 0. The SMILES string of the molecule is CC(C)CC1CN(C2CCCC2)C(CO)CN1. The Kier molecular flexibility index (Phi) is 4.83. The molecule has 100 valence electrons. The molecular formula is C14H28N2O. The summed E-state index contributed by atoms with van der Waals surface area (Å²) in [5.74, 6) is 0.753. The molecule has 0 aromatic rings. The maximum atomic E-state index is 9.51. The van der Waals surface area contributed by atoms with E-state index < -0.39 is 0 Å². The zero-order valence-corrected chi connectivity index (χ0v) is 11.4. The monoisotopic (exact) mass is 240 g/mol. The second-order valence-corrected chi connectivity index (χ2v) is 6.21. The Bertz CT molecular complexity index is 224. The Balaban J connectivity index is 1.93. The van der Waals surface area contributed by atoms with Crippen molar-refractivity contribution in [2.45, 2.75) is 64.1 Å². The minimum Gasteiger partial charge on any atom is -0.395 e. The first-order valence-corrected chi connectivity index (χ1v) is 7.30. The van der Waals surface area contributed by atoms with E-state index in [1.807, 2.05) is 0 Å². The molecule has 2 fully saturated rings. The van der Waals surface area contributed by atoms with Crippen LogP contribution in [0.4, 0.5) is 0 Å². The van der Waals surface area contributed by atoms with E-state index in [0.29, 0.717) is 18.7 Å². The van der Waals surface area contributed by atoms with Crippen molar-refractivity contribution in [2.24, 2.45) is 5.92 Å². The van der Waals surface area contributed by atoms with E-state index in [2.05, 4.69) is 24.1 Å². The van der Waals surface area contributed by atoms with E-state index in [-0.39, 0.29) is 0 Å². The van der Waals surface area contributed by atoms with Crippen molar-refractivity contribution in [3.63, 3.8) is 0 Å². The third-order valence-corrected chi connectivity index (χ3v) is 4.30. The van der Waals surface area contributed by atoms with E-state index in [0.717, 1.165) is 25.0 Å². The second-order valence-electron chi connectivity index (χ2n) is 6.21. The van der Waals surface area contributed by atoms with Crippen LogP contribution in [0.2, 0.25) is 0 Å². The fourth-order valence-corrected chi connectivity index (χ4v) is 3.47. The highest BCUT2D eigenvalue weighted by Gasteiger charge is 2.33. The van der Waals surface area contributed by atoms with Crippen molar-refractivity contribution in [3.05, 3.63) is 0 Å². The maximum absolute atomic E-state index is 9.51. The summed E-state index contributed by atoms with van der Waals surface area (Å²) in [4.78, 5) is 2.59. The smallest absolute Gasteiger partial charge is 0.0599 e. The third kappa shape index (κ3) is 3.43. The summed E-state index contributed by atoms with van der Waals surface area (Å²) in [7, 11) is 0. The van der Waals surface area contributed by atoms with Gasteiger partial charge in [0.05, 0.1) is 6.61 Å². The van der Waals surface area contributed by atoms with Crippen LogP contribution in [-0.4, -0.2) is 47.8 Å². The van der Waals surface area contributed by atoms with Crippen molar-refractivity contribution in [1.29, 1.82) is 0 Å².